The van der Waals surface area contributed by atoms with Gasteiger partial charge in [0.25, 0.3) is 0 Å². The maximum absolute atomic E-state index is 12.9. The van der Waals surface area contributed by atoms with E-state index >= 15 is 0 Å². The summed E-state index contributed by atoms with van der Waals surface area (Å²) in [7, 11) is 0. The molecule has 0 aliphatic heterocycles. The zero-order valence-electron chi connectivity index (χ0n) is 12.1. The number of aromatic nitrogens is 2. The fraction of sp³-hybridized carbons (Fsp3) is 0.500. The molecule has 0 bridgehead atoms. The number of pyridine rings is 1. The van der Waals surface area contributed by atoms with Gasteiger partial charge in [0.15, 0.2) is 0 Å². The smallest absolute Gasteiger partial charge is 0.360 e. The van der Waals surface area contributed by atoms with Gasteiger partial charge in [-0.2, -0.15) is 22.6 Å². The lowest BCUT2D eigenvalue weighted by atomic mass is 9.85. The minimum atomic E-state index is -4.23. The summed E-state index contributed by atoms with van der Waals surface area (Å²) in [5.41, 5.74) is 0.380. The van der Waals surface area contributed by atoms with Crippen molar-refractivity contribution in [3.05, 3.63) is 34.5 Å². The molecule has 1 saturated carbocycles. The standard InChI is InChI=1S/C14H15F3N4O2/c15-14(16,17)9-4-3-5-10(8-9)18-12-13(21(22)23)20-7-2-1-6-11(20)19-12/h1-2,6-7,9-10,18H,3-5,8H2/t9-,10+/m1/s1. The van der Waals surface area contributed by atoms with Gasteiger partial charge in [-0.3, -0.25) is 0 Å². The molecule has 2 aromatic rings. The van der Waals surface area contributed by atoms with Gasteiger partial charge in [-0.1, -0.05) is 12.5 Å². The molecule has 124 valence electrons. The fourth-order valence-corrected chi connectivity index (χ4v) is 3.07. The molecule has 0 aromatic carbocycles. The summed E-state index contributed by atoms with van der Waals surface area (Å²) in [6.45, 7) is 0. The number of hydrogen-bond acceptors (Lipinski definition) is 4. The summed E-state index contributed by atoms with van der Waals surface area (Å²) in [5.74, 6) is -1.60. The van der Waals surface area contributed by atoms with Crippen LogP contribution in [-0.4, -0.2) is 26.5 Å². The number of fused-ring (bicyclic) bond motifs is 1. The Morgan fingerprint density at radius 2 is 2.13 bits per heavy atom. The molecular weight excluding hydrogens is 313 g/mol. The lowest BCUT2D eigenvalue weighted by Crippen LogP contribution is -2.34. The molecular formula is C14H15F3N4O2. The molecule has 1 aliphatic rings. The molecule has 3 rings (SSSR count). The first kappa shape index (κ1) is 15.6. The van der Waals surface area contributed by atoms with Crippen molar-refractivity contribution in [2.75, 3.05) is 5.32 Å². The van der Waals surface area contributed by atoms with Crippen LogP contribution in [0.25, 0.3) is 5.65 Å². The van der Waals surface area contributed by atoms with E-state index < -0.39 is 23.1 Å². The average molecular weight is 328 g/mol. The van der Waals surface area contributed by atoms with Crippen molar-refractivity contribution < 1.29 is 18.1 Å². The van der Waals surface area contributed by atoms with Crippen LogP contribution in [0.4, 0.5) is 24.8 Å². The van der Waals surface area contributed by atoms with Gasteiger partial charge in [0, 0.05) is 12.1 Å². The zero-order valence-corrected chi connectivity index (χ0v) is 12.1. The van der Waals surface area contributed by atoms with E-state index in [0.29, 0.717) is 18.5 Å². The molecule has 2 aromatic heterocycles. The van der Waals surface area contributed by atoms with E-state index in [1.807, 2.05) is 0 Å². The molecule has 0 amide bonds. The van der Waals surface area contributed by atoms with Crippen LogP contribution in [0.15, 0.2) is 24.4 Å². The maximum atomic E-state index is 12.9. The first-order valence-corrected chi connectivity index (χ1v) is 7.31. The van der Waals surface area contributed by atoms with Crippen molar-refractivity contribution in [3.63, 3.8) is 0 Å². The molecule has 1 aliphatic carbocycles. The number of hydrogen-bond donors (Lipinski definition) is 1. The zero-order chi connectivity index (χ0) is 16.6. The van der Waals surface area contributed by atoms with E-state index in [0.717, 1.165) is 0 Å². The molecule has 23 heavy (non-hydrogen) atoms. The van der Waals surface area contributed by atoms with Crippen LogP contribution in [0.5, 0.6) is 0 Å². The van der Waals surface area contributed by atoms with Crippen molar-refractivity contribution in [1.29, 1.82) is 0 Å². The second kappa shape index (κ2) is 5.71. The van der Waals surface area contributed by atoms with Crippen molar-refractivity contribution >= 4 is 17.3 Å². The monoisotopic (exact) mass is 328 g/mol. The second-order valence-corrected chi connectivity index (χ2v) is 5.72. The van der Waals surface area contributed by atoms with Crippen molar-refractivity contribution in [3.8, 4) is 0 Å². The van der Waals surface area contributed by atoms with E-state index in [-0.39, 0.29) is 24.5 Å². The van der Waals surface area contributed by atoms with Gasteiger partial charge in [-0.25, -0.2) is 0 Å². The topological polar surface area (TPSA) is 72.5 Å². The molecule has 1 N–H and O–H groups in total. The highest BCUT2D eigenvalue weighted by Gasteiger charge is 2.42. The molecule has 6 nitrogen and oxygen atoms in total. The Morgan fingerprint density at radius 3 is 2.83 bits per heavy atom. The number of nitrogens with one attached hydrogen (secondary N) is 1. The molecule has 2 heterocycles. The summed E-state index contributed by atoms with van der Waals surface area (Å²) in [6.07, 6.45) is -1.74. The lowest BCUT2D eigenvalue weighted by Gasteiger charge is -2.30. The molecule has 0 saturated heterocycles. The Kier molecular flexibility index (Phi) is 3.87. The quantitative estimate of drug-likeness (QED) is 0.687. The van der Waals surface area contributed by atoms with Crippen LogP contribution < -0.4 is 5.32 Å². The number of alkyl halides is 3. The minimum Gasteiger partial charge on any atom is -0.360 e. The molecule has 0 spiro atoms. The summed E-state index contributed by atoms with van der Waals surface area (Å²) in [5, 5.41) is 14.1. The van der Waals surface area contributed by atoms with Crippen molar-refractivity contribution in [2.24, 2.45) is 5.92 Å². The van der Waals surface area contributed by atoms with Crippen LogP contribution in [-0.2, 0) is 0 Å². The van der Waals surface area contributed by atoms with Gasteiger partial charge in [0.1, 0.15) is 0 Å². The Labute approximate surface area is 129 Å². The van der Waals surface area contributed by atoms with E-state index in [2.05, 4.69) is 10.3 Å². The number of halogens is 3. The molecule has 1 fully saturated rings. The highest BCUT2D eigenvalue weighted by atomic mass is 19.4. The third kappa shape index (κ3) is 3.08. The summed E-state index contributed by atoms with van der Waals surface area (Å²) >= 11 is 0. The van der Waals surface area contributed by atoms with Crippen LogP contribution in [0.3, 0.4) is 0 Å². The Hall–Kier alpha value is -2.32. The predicted octanol–water partition coefficient (Wildman–Crippen LogP) is 3.78. The van der Waals surface area contributed by atoms with Gasteiger partial charge in [0.05, 0.1) is 12.1 Å². The van der Waals surface area contributed by atoms with Crippen LogP contribution in [0.2, 0.25) is 0 Å². The Bertz CT molecular complexity index is 728. The van der Waals surface area contributed by atoms with E-state index in [4.69, 9.17) is 0 Å². The summed E-state index contributed by atoms with van der Waals surface area (Å²) in [4.78, 5) is 14.9. The minimum absolute atomic E-state index is 0.0222. The normalized spacial score (nSPS) is 22.2. The maximum Gasteiger partial charge on any atom is 0.391 e. The van der Waals surface area contributed by atoms with Gasteiger partial charge >= 0.3 is 12.0 Å². The van der Waals surface area contributed by atoms with E-state index in [1.54, 1.807) is 18.2 Å². The first-order chi connectivity index (χ1) is 10.9. The lowest BCUT2D eigenvalue weighted by molar-refractivity contribution is -0.389. The average Bonchev–Trinajstić information content (AvgIpc) is 2.84. The van der Waals surface area contributed by atoms with Crippen molar-refractivity contribution in [1.82, 2.24) is 9.38 Å². The highest BCUT2D eigenvalue weighted by molar-refractivity contribution is 5.62. The predicted molar refractivity (Wildman–Crippen MR) is 77.3 cm³/mol. The molecule has 0 unspecified atom stereocenters. The Morgan fingerprint density at radius 1 is 1.35 bits per heavy atom. The second-order valence-electron chi connectivity index (χ2n) is 5.72. The Balaban J connectivity index is 1.86. The SMILES string of the molecule is O=[N+]([O-])c1c(N[C@H]2CCC[C@@H](C(F)(F)F)C2)nc2ccccn12. The number of imidazole rings is 1. The summed E-state index contributed by atoms with van der Waals surface area (Å²) < 4.78 is 39.9. The first-order valence-electron chi connectivity index (χ1n) is 7.31. The van der Waals surface area contributed by atoms with Crippen LogP contribution in [0, 0.1) is 16.0 Å². The fourth-order valence-electron chi connectivity index (χ4n) is 3.07. The highest BCUT2D eigenvalue weighted by Crippen LogP contribution is 2.39. The van der Waals surface area contributed by atoms with Crippen LogP contribution in [0.1, 0.15) is 25.7 Å². The van der Waals surface area contributed by atoms with Gasteiger partial charge in [-0.05, 0) is 30.3 Å². The number of rotatable bonds is 3. The number of anilines is 1. The van der Waals surface area contributed by atoms with Crippen LogP contribution >= 0.6 is 0 Å². The largest absolute Gasteiger partial charge is 0.391 e. The van der Waals surface area contributed by atoms with E-state index in [9.17, 15) is 23.3 Å². The molecule has 9 heteroatoms. The third-order valence-corrected chi connectivity index (χ3v) is 4.16. The number of nitro groups is 1. The third-order valence-electron chi connectivity index (χ3n) is 4.16. The number of nitrogens with zero attached hydrogens (tertiary/aromatic N) is 3. The van der Waals surface area contributed by atoms with Gasteiger partial charge in [0.2, 0.25) is 11.5 Å². The van der Waals surface area contributed by atoms with Gasteiger partial charge < -0.3 is 15.4 Å². The van der Waals surface area contributed by atoms with Crippen molar-refractivity contribution in [2.45, 2.75) is 37.9 Å². The molecule has 0 radical (unpaired) electrons. The molecule has 2 atom stereocenters. The van der Waals surface area contributed by atoms with E-state index in [1.165, 1.54) is 10.6 Å². The summed E-state index contributed by atoms with van der Waals surface area (Å²) in [6, 6.07) is 4.46. The van der Waals surface area contributed by atoms with Gasteiger partial charge in [-0.15, -0.1) is 0 Å².